The topological polar surface area (TPSA) is 84.9 Å². The highest BCUT2D eigenvalue weighted by molar-refractivity contribution is 5.99. The molecule has 0 aromatic heterocycles. The second kappa shape index (κ2) is 10.1. The van der Waals surface area contributed by atoms with Gasteiger partial charge in [0.15, 0.2) is 5.78 Å². The summed E-state index contributed by atoms with van der Waals surface area (Å²) >= 11 is 0. The highest BCUT2D eigenvalue weighted by Crippen LogP contribution is 2.27. The van der Waals surface area contributed by atoms with Gasteiger partial charge in [0.2, 0.25) is 0 Å². The fourth-order valence-corrected chi connectivity index (χ4v) is 3.64. The normalized spacial score (nSPS) is 16.4. The Balaban J connectivity index is 1.96. The summed E-state index contributed by atoms with van der Waals surface area (Å²) in [6.45, 7) is 7.13. The molecule has 1 aliphatic heterocycles. The van der Waals surface area contributed by atoms with E-state index < -0.39 is 0 Å². The number of ketones is 1. The summed E-state index contributed by atoms with van der Waals surface area (Å²) in [5.74, 6) is 0.289. The van der Waals surface area contributed by atoms with E-state index in [2.05, 4.69) is 5.32 Å². The Bertz CT molecular complexity index is 709. The number of methoxy groups -OCH3 is 1. The molecule has 0 unspecified atom stereocenters. The van der Waals surface area contributed by atoms with Crippen molar-refractivity contribution in [2.75, 3.05) is 33.4 Å². The van der Waals surface area contributed by atoms with Crippen LogP contribution in [0, 0.1) is 19.8 Å². The average Bonchev–Trinajstić information content (AvgIpc) is 2.67. The van der Waals surface area contributed by atoms with Gasteiger partial charge in [-0.05, 0) is 56.9 Å². The summed E-state index contributed by atoms with van der Waals surface area (Å²) in [5.41, 5.74) is 2.51. The van der Waals surface area contributed by atoms with Crippen LogP contribution in [0.2, 0.25) is 0 Å². The molecule has 154 valence electrons. The SMILES string of the molecule is CCOC(=O)CCNC(=O)N1CCC[C@H](C(=O)c2cc(C)c(OC)c(C)c2)C1. The van der Waals surface area contributed by atoms with Crippen LogP contribution >= 0.6 is 0 Å². The Morgan fingerprint density at radius 1 is 1.21 bits per heavy atom. The number of carbonyl (C=O) groups excluding carboxylic acids is 3. The molecule has 0 spiro atoms. The Morgan fingerprint density at radius 3 is 2.50 bits per heavy atom. The Labute approximate surface area is 166 Å². The summed E-state index contributed by atoms with van der Waals surface area (Å²) in [5, 5.41) is 2.73. The van der Waals surface area contributed by atoms with Crippen LogP contribution < -0.4 is 10.1 Å². The van der Waals surface area contributed by atoms with E-state index in [0.717, 1.165) is 29.7 Å². The van der Waals surface area contributed by atoms with Gasteiger partial charge in [0.1, 0.15) is 5.75 Å². The maximum absolute atomic E-state index is 13.0. The first-order chi connectivity index (χ1) is 13.4. The molecule has 0 radical (unpaired) electrons. The lowest BCUT2D eigenvalue weighted by Gasteiger charge is -2.32. The van der Waals surface area contributed by atoms with Crippen LogP contribution in [0.15, 0.2) is 12.1 Å². The van der Waals surface area contributed by atoms with Gasteiger partial charge in [-0.1, -0.05) is 0 Å². The zero-order valence-corrected chi connectivity index (χ0v) is 17.2. The summed E-state index contributed by atoms with van der Waals surface area (Å²) in [4.78, 5) is 38.4. The molecule has 1 aromatic carbocycles. The molecule has 1 N–H and O–H groups in total. The largest absolute Gasteiger partial charge is 0.496 e. The molecule has 0 aliphatic carbocycles. The molecule has 1 atom stereocenters. The fraction of sp³-hybridized carbons (Fsp3) is 0.571. The lowest BCUT2D eigenvalue weighted by atomic mass is 9.89. The van der Waals surface area contributed by atoms with Crippen LogP contribution in [0.3, 0.4) is 0 Å². The number of likely N-dealkylation sites (tertiary alicyclic amines) is 1. The van der Waals surface area contributed by atoms with E-state index >= 15 is 0 Å². The second-order valence-electron chi connectivity index (χ2n) is 7.08. The number of nitrogens with zero attached hydrogens (tertiary/aromatic N) is 1. The molecule has 1 aliphatic rings. The first kappa shape index (κ1) is 21.7. The van der Waals surface area contributed by atoms with E-state index in [9.17, 15) is 14.4 Å². The third-order valence-electron chi connectivity index (χ3n) is 4.94. The van der Waals surface area contributed by atoms with Crippen molar-refractivity contribution in [1.29, 1.82) is 0 Å². The van der Waals surface area contributed by atoms with Gasteiger partial charge in [-0.2, -0.15) is 0 Å². The summed E-state index contributed by atoms with van der Waals surface area (Å²) in [6.07, 6.45) is 1.67. The standard InChI is InChI=1S/C21H30N2O5/c1-5-28-18(24)8-9-22-21(26)23-10-6-7-16(13-23)19(25)17-11-14(2)20(27-4)15(3)12-17/h11-12,16H,5-10,13H2,1-4H3,(H,22,26)/t16-/m0/s1. The zero-order chi connectivity index (χ0) is 20.7. The molecule has 7 heteroatoms. The first-order valence-corrected chi connectivity index (χ1v) is 9.75. The maximum atomic E-state index is 13.0. The van der Waals surface area contributed by atoms with Gasteiger partial charge in [0, 0.05) is 31.1 Å². The monoisotopic (exact) mass is 390 g/mol. The highest BCUT2D eigenvalue weighted by Gasteiger charge is 2.29. The predicted octanol–water partition coefficient (Wildman–Crippen LogP) is 2.87. The highest BCUT2D eigenvalue weighted by atomic mass is 16.5. The van der Waals surface area contributed by atoms with Gasteiger partial charge in [-0.15, -0.1) is 0 Å². The lowest BCUT2D eigenvalue weighted by molar-refractivity contribution is -0.142. The molecule has 0 saturated carbocycles. The Hall–Kier alpha value is -2.57. The molecule has 1 heterocycles. The molecule has 1 fully saturated rings. The van der Waals surface area contributed by atoms with Crippen molar-refractivity contribution in [3.05, 3.63) is 28.8 Å². The van der Waals surface area contributed by atoms with E-state index in [-0.39, 0.29) is 36.7 Å². The van der Waals surface area contributed by atoms with Crippen LogP contribution in [-0.4, -0.2) is 56.0 Å². The van der Waals surface area contributed by atoms with Gasteiger partial charge < -0.3 is 19.7 Å². The first-order valence-electron chi connectivity index (χ1n) is 9.75. The Morgan fingerprint density at radius 2 is 1.89 bits per heavy atom. The van der Waals surface area contributed by atoms with E-state index in [4.69, 9.17) is 9.47 Å². The number of amides is 2. The molecule has 2 rings (SSSR count). The zero-order valence-electron chi connectivity index (χ0n) is 17.2. The van der Waals surface area contributed by atoms with Crippen LogP contribution in [0.1, 0.15) is 47.7 Å². The second-order valence-corrected chi connectivity index (χ2v) is 7.08. The van der Waals surface area contributed by atoms with Gasteiger partial charge in [-0.25, -0.2) is 4.79 Å². The molecule has 28 heavy (non-hydrogen) atoms. The van der Waals surface area contributed by atoms with Crippen molar-refractivity contribution in [3.8, 4) is 5.75 Å². The number of rotatable bonds is 7. The summed E-state index contributed by atoms with van der Waals surface area (Å²) in [7, 11) is 1.62. The molecule has 1 aromatic rings. The van der Waals surface area contributed by atoms with Crippen LogP contribution in [-0.2, 0) is 9.53 Å². The van der Waals surface area contributed by atoms with Crippen molar-refractivity contribution < 1.29 is 23.9 Å². The Kier molecular flexibility index (Phi) is 7.84. The van der Waals surface area contributed by atoms with Crippen LogP contribution in [0.5, 0.6) is 5.75 Å². The van der Waals surface area contributed by atoms with E-state index in [1.165, 1.54) is 0 Å². The van der Waals surface area contributed by atoms with Crippen molar-refractivity contribution in [1.82, 2.24) is 10.2 Å². The lowest BCUT2D eigenvalue weighted by Crippen LogP contribution is -2.47. The molecule has 7 nitrogen and oxygen atoms in total. The van der Waals surface area contributed by atoms with E-state index in [1.807, 2.05) is 26.0 Å². The van der Waals surface area contributed by atoms with Crippen LogP contribution in [0.25, 0.3) is 0 Å². The fourth-order valence-electron chi connectivity index (χ4n) is 3.64. The average molecular weight is 390 g/mol. The number of urea groups is 1. The number of hydrogen-bond acceptors (Lipinski definition) is 5. The summed E-state index contributed by atoms with van der Waals surface area (Å²) < 4.78 is 10.2. The molecular weight excluding hydrogens is 360 g/mol. The van der Waals surface area contributed by atoms with Crippen LogP contribution in [0.4, 0.5) is 4.79 Å². The predicted molar refractivity (Wildman–Crippen MR) is 106 cm³/mol. The molecule has 2 amide bonds. The third-order valence-corrected chi connectivity index (χ3v) is 4.94. The maximum Gasteiger partial charge on any atom is 0.317 e. The minimum atomic E-state index is -0.334. The minimum absolute atomic E-state index is 0.0536. The third kappa shape index (κ3) is 5.47. The van der Waals surface area contributed by atoms with Gasteiger partial charge in [-0.3, -0.25) is 9.59 Å². The number of nitrogens with one attached hydrogen (secondary N) is 1. The number of hydrogen-bond donors (Lipinski definition) is 1. The smallest absolute Gasteiger partial charge is 0.317 e. The minimum Gasteiger partial charge on any atom is -0.496 e. The van der Waals surface area contributed by atoms with Crippen molar-refractivity contribution >= 4 is 17.8 Å². The quantitative estimate of drug-likeness (QED) is 0.572. The van der Waals surface area contributed by atoms with Gasteiger partial charge in [0.05, 0.1) is 20.1 Å². The molecular formula is C21H30N2O5. The number of esters is 1. The van der Waals surface area contributed by atoms with Gasteiger partial charge in [0.25, 0.3) is 0 Å². The molecule has 1 saturated heterocycles. The number of aryl methyl sites for hydroxylation is 2. The number of Topliss-reactive ketones (excluding diaryl/α,β-unsaturated/α-hetero) is 1. The van der Waals surface area contributed by atoms with Crippen molar-refractivity contribution in [2.24, 2.45) is 5.92 Å². The number of benzene rings is 1. The number of piperidine rings is 1. The van der Waals surface area contributed by atoms with E-state index in [0.29, 0.717) is 25.3 Å². The number of carbonyl (C=O) groups is 3. The number of ether oxygens (including phenoxy) is 2. The van der Waals surface area contributed by atoms with Gasteiger partial charge >= 0.3 is 12.0 Å². The summed E-state index contributed by atoms with van der Waals surface area (Å²) in [6, 6.07) is 3.46. The van der Waals surface area contributed by atoms with E-state index in [1.54, 1.807) is 18.9 Å². The van der Waals surface area contributed by atoms with Crippen molar-refractivity contribution in [2.45, 2.75) is 40.0 Å². The van der Waals surface area contributed by atoms with Crippen molar-refractivity contribution in [3.63, 3.8) is 0 Å². The molecule has 0 bridgehead atoms.